The number of likely N-dealkylation sites (tertiary alicyclic amines) is 1. The van der Waals surface area contributed by atoms with E-state index in [1.54, 1.807) is 16.0 Å². The van der Waals surface area contributed by atoms with E-state index in [4.69, 9.17) is 9.47 Å². The number of hydrogen-bond acceptors (Lipinski definition) is 6. The molecule has 194 valence electrons. The van der Waals surface area contributed by atoms with Crippen LogP contribution in [0.5, 0.6) is 0 Å². The molecule has 0 radical (unpaired) electrons. The second-order valence-electron chi connectivity index (χ2n) is 10.7. The Kier molecular flexibility index (Phi) is 6.62. The Morgan fingerprint density at radius 2 is 1.92 bits per heavy atom. The first-order chi connectivity index (χ1) is 17.7. The topological polar surface area (TPSA) is 105 Å². The quantitative estimate of drug-likeness (QED) is 0.428. The number of benzene rings is 2. The van der Waals surface area contributed by atoms with Gasteiger partial charge in [0.15, 0.2) is 0 Å². The lowest BCUT2D eigenvalue weighted by Crippen LogP contribution is -2.46. The van der Waals surface area contributed by atoms with Crippen LogP contribution in [-0.2, 0) is 38.6 Å². The molecule has 37 heavy (non-hydrogen) atoms. The fourth-order valence-electron chi connectivity index (χ4n) is 5.07. The summed E-state index contributed by atoms with van der Waals surface area (Å²) >= 11 is 0. The van der Waals surface area contributed by atoms with Gasteiger partial charge in [-0.1, -0.05) is 36.4 Å². The van der Waals surface area contributed by atoms with Crippen molar-refractivity contribution < 1.29 is 23.9 Å². The number of esters is 1. The number of hydrogen-bond donors (Lipinski definition) is 1. The molecule has 1 fully saturated rings. The van der Waals surface area contributed by atoms with Crippen molar-refractivity contribution in [2.24, 2.45) is 5.92 Å². The fraction of sp³-hybridized carbons (Fsp3) is 0.429. The molecular weight excluding hydrogens is 472 g/mol. The number of aromatic amines is 1. The third-order valence-electron chi connectivity index (χ3n) is 6.93. The highest BCUT2D eigenvalue weighted by Crippen LogP contribution is 2.32. The summed E-state index contributed by atoms with van der Waals surface area (Å²) in [6, 6.07) is 13.0. The third kappa shape index (κ3) is 5.30. The molecule has 2 aliphatic heterocycles. The maximum Gasteiger partial charge on any atom is 0.410 e. The molecule has 0 bridgehead atoms. The molecule has 2 aromatic carbocycles. The molecule has 1 unspecified atom stereocenters. The van der Waals surface area contributed by atoms with Crippen molar-refractivity contribution in [2.75, 3.05) is 13.1 Å². The Morgan fingerprint density at radius 1 is 1.14 bits per heavy atom. The maximum atomic E-state index is 13.9. The Balaban J connectivity index is 1.41. The van der Waals surface area contributed by atoms with Gasteiger partial charge in [0, 0.05) is 25.0 Å². The highest BCUT2D eigenvalue weighted by atomic mass is 16.6. The van der Waals surface area contributed by atoms with Crippen LogP contribution in [0.25, 0.3) is 10.9 Å². The average molecular weight is 505 g/mol. The van der Waals surface area contributed by atoms with Crippen molar-refractivity contribution in [3.8, 4) is 0 Å². The molecule has 9 heteroatoms. The van der Waals surface area contributed by atoms with Crippen molar-refractivity contribution in [3.05, 3.63) is 65.4 Å². The molecule has 1 N–H and O–H groups in total. The smallest absolute Gasteiger partial charge is 0.410 e. The van der Waals surface area contributed by atoms with Crippen LogP contribution in [0, 0.1) is 5.92 Å². The van der Waals surface area contributed by atoms with Crippen LogP contribution in [0.2, 0.25) is 0 Å². The van der Waals surface area contributed by atoms with Crippen LogP contribution >= 0.6 is 0 Å². The lowest BCUT2D eigenvalue weighted by Gasteiger charge is -2.30. The molecule has 0 saturated carbocycles. The van der Waals surface area contributed by atoms with E-state index in [0.717, 1.165) is 27.6 Å². The number of carbonyl (C=O) groups is 3. The van der Waals surface area contributed by atoms with E-state index < -0.39 is 23.6 Å². The zero-order chi connectivity index (χ0) is 26.2. The Bertz CT molecular complexity index is 1310. The van der Waals surface area contributed by atoms with E-state index in [0.29, 0.717) is 26.1 Å². The van der Waals surface area contributed by atoms with E-state index in [1.165, 1.54) is 0 Å². The van der Waals surface area contributed by atoms with Crippen LogP contribution < -0.4 is 0 Å². The molecule has 2 aliphatic rings. The van der Waals surface area contributed by atoms with E-state index in [9.17, 15) is 14.4 Å². The van der Waals surface area contributed by atoms with Gasteiger partial charge in [-0.3, -0.25) is 14.7 Å². The van der Waals surface area contributed by atoms with Crippen molar-refractivity contribution in [2.45, 2.75) is 58.4 Å². The minimum Gasteiger partial charge on any atom is -0.460 e. The van der Waals surface area contributed by atoms with Gasteiger partial charge < -0.3 is 19.3 Å². The van der Waals surface area contributed by atoms with Crippen LogP contribution in [0.3, 0.4) is 0 Å². The summed E-state index contributed by atoms with van der Waals surface area (Å²) in [5.41, 5.74) is 3.02. The van der Waals surface area contributed by atoms with Crippen LogP contribution in [-0.4, -0.2) is 62.7 Å². The normalized spacial score (nSPS) is 20.0. The van der Waals surface area contributed by atoms with Gasteiger partial charge in [0.25, 0.3) is 0 Å². The minimum atomic E-state index is -0.968. The van der Waals surface area contributed by atoms with Gasteiger partial charge >= 0.3 is 12.1 Å². The number of nitrogens with one attached hydrogen (secondary N) is 1. The monoisotopic (exact) mass is 504 g/mol. The van der Waals surface area contributed by atoms with Gasteiger partial charge in [0.1, 0.15) is 18.1 Å². The van der Waals surface area contributed by atoms with Crippen LogP contribution in [0.1, 0.15) is 43.9 Å². The zero-order valence-corrected chi connectivity index (χ0v) is 21.4. The average Bonchev–Trinajstić information content (AvgIpc) is 3.51. The molecule has 3 heterocycles. The number of fused-ring (bicyclic) bond motifs is 3. The van der Waals surface area contributed by atoms with Gasteiger partial charge in [-0.15, -0.1) is 0 Å². The first-order valence-corrected chi connectivity index (χ1v) is 12.6. The molecule has 2 amide bonds. The summed E-state index contributed by atoms with van der Waals surface area (Å²) < 4.78 is 11.2. The fourth-order valence-corrected chi connectivity index (χ4v) is 5.07. The molecular formula is C28H32N4O5. The summed E-state index contributed by atoms with van der Waals surface area (Å²) in [7, 11) is 0. The van der Waals surface area contributed by atoms with E-state index in [2.05, 4.69) is 10.2 Å². The van der Waals surface area contributed by atoms with Gasteiger partial charge in [0.05, 0.1) is 17.8 Å². The predicted molar refractivity (Wildman–Crippen MR) is 136 cm³/mol. The summed E-state index contributed by atoms with van der Waals surface area (Å²) in [5.74, 6) is -1.78. The predicted octanol–water partition coefficient (Wildman–Crippen LogP) is 3.82. The highest BCUT2D eigenvalue weighted by molar-refractivity contribution is 5.99. The number of ether oxygens (including phenoxy) is 2. The highest BCUT2D eigenvalue weighted by Gasteiger charge is 2.42. The molecule has 0 spiro atoms. The van der Waals surface area contributed by atoms with Crippen molar-refractivity contribution in [1.29, 1.82) is 0 Å². The number of aromatic nitrogens is 2. The molecule has 1 aromatic heterocycles. The zero-order valence-electron chi connectivity index (χ0n) is 21.4. The second-order valence-corrected chi connectivity index (χ2v) is 10.7. The molecule has 9 nitrogen and oxygen atoms in total. The van der Waals surface area contributed by atoms with Crippen molar-refractivity contribution >= 4 is 28.9 Å². The van der Waals surface area contributed by atoms with Gasteiger partial charge in [-0.25, -0.2) is 4.79 Å². The van der Waals surface area contributed by atoms with Gasteiger partial charge in [-0.2, -0.15) is 5.10 Å². The number of amides is 2. The maximum absolute atomic E-state index is 13.9. The minimum absolute atomic E-state index is 0.104. The molecule has 3 aromatic rings. The largest absolute Gasteiger partial charge is 0.460 e. The SMILES string of the molecule is CC(C)(C)OC(=O)N1CCC(N2Cc3c(ccc4[nH]ncc34)C[C@@H](C(=O)OCc3ccccc3)C2=O)C1. The molecule has 5 rings (SSSR count). The molecule has 1 saturated heterocycles. The van der Waals surface area contributed by atoms with E-state index in [-0.39, 0.29) is 25.0 Å². The second kappa shape index (κ2) is 9.88. The van der Waals surface area contributed by atoms with Crippen LogP contribution in [0.4, 0.5) is 4.79 Å². The number of H-pyrrole nitrogens is 1. The molecule has 0 aliphatic carbocycles. The summed E-state index contributed by atoms with van der Waals surface area (Å²) in [6.07, 6.45) is 2.22. The Hall–Kier alpha value is -3.88. The third-order valence-corrected chi connectivity index (χ3v) is 6.93. The standard InChI is InChI=1S/C28H32N4O5/c1-28(2,3)37-27(35)31-12-11-20(15-31)32-16-23-19(9-10-24-22(23)14-29-30-24)13-21(25(32)33)26(34)36-17-18-7-5-4-6-8-18/h4-10,14,20-21H,11-13,15-17H2,1-3H3,(H,29,30)/t20?,21-/m1/s1. The van der Waals surface area contributed by atoms with Crippen molar-refractivity contribution in [1.82, 2.24) is 20.0 Å². The van der Waals surface area contributed by atoms with Crippen LogP contribution in [0.15, 0.2) is 48.7 Å². The number of nitrogens with zero attached hydrogens (tertiary/aromatic N) is 3. The van der Waals surface area contributed by atoms with Crippen molar-refractivity contribution in [3.63, 3.8) is 0 Å². The van der Waals surface area contributed by atoms with E-state index in [1.807, 2.05) is 63.2 Å². The number of rotatable bonds is 4. The van der Waals surface area contributed by atoms with Gasteiger partial charge in [-0.05, 0) is 56.4 Å². The first-order valence-electron chi connectivity index (χ1n) is 12.6. The lowest BCUT2D eigenvalue weighted by atomic mass is 9.95. The molecule has 2 atom stereocenters. The Morgan fingerprint density at radius 3 is 2.68 bits per heavy atom. The summed E-state index contributed by atoms with van der Waals surface area (Å²) in [4.78, 5) is 43.2. The summed E-state index contributed by atoms with van der Waals surface area (Å²) in [6.45, 7) is 6.76. The lowest BCUT2D eigenvalue weighted by molar-refractivity contribution is -0.157. The number of carbonyl (C=O) groups excluding carboxylic acids is 3. The first kappa shape index (κ1) is 24.8. The van der Waals surface area contributed by atoms with E-state index >= 15 is 0 Å². The Labute approximate surface area is 215 Å². The van der Waals surface area contributed by atoms with Gasteiger partial charge in [0.2, 0.25) is 5.91 Å². The summed E-state index contributed by atoms with van der Waals surface area (Å²) in [5, 5.41) is 8.09.